The van der Waals surface area contributed by atoms with Crippen LogP contribution in [-0.4, -0.2) is 63.4 Å². The maximum Gasteiger partial charge on any atom is 0.328 e. The largest absolute Gasteiger partial charge is 0.438 e. The number of aryl methyl sites for hydroxylation is 1. The number of amides is 3. The second kappa shape index (κ2) is 9.64. The molecular formula is C26H27N7O3S. The van der Waals surface area contributed by atoms with Crippen molar-refractivity contribution in [1.82, 2.24) is 30.7 Å². The predicted molar refractivity (Wildman–Crippen MR) is 139 cm³/mol. The summed E-state index contributed by atoms with van der Waals surface area (Å²) in [7, 11) is 2.07. The molecule has 3 aliphatic heterocycles. The summed E-state index contributed by atoms with van der Waals surface area (Å²) in [5, 5.41) is 15.0. The molecule has 2 aromatic heterocycles. The zero-order chi connectivity index (χ0) is 25.5. The molecular weight excluding hydrogens is 490 g/mol. The number of aromatic nitrogens is 3. The van der Waals surface area contributed by atoms with Gasteiger partial charge in [-0.2, -0.15) is 0 Å². The molecule has 3 aromatic rings. The van der Waals surface area contributed by atoms with Crippen molar-refractivity contribution in [3.05, 3.63) is 59.8 Å². The molecule has 11 heteroatoms. The van der Waals surface area contributed by atoms with Gasteiger partial charge in [0.15, 0.2) is 5.82 Å². The summed E-state index contributed by atoms with van der Waals surface area (Å²) in [6.45, 7) is 3.72. The zero-order valence-corrected chi connectivity index (χ0v) is 21.4. The molecule has 1 fully saturated rings. The Hall–Kier alpha value is -3.70. The lowest BCUT2D eigenvalue weighted by Crippen LogP contribution is -2.52. The van der Waals surface area contributed by atoms with Crippen molar-refractivity contribution < 1.29 is 14.3 Å². The first-order valence-electron chi connectivity index (χ1n) is 12.3. The quantitative estimate of drug-likeness (QED) is 0.528. The van der Waals surface area contributed by atoms with Gasteiger partial charge in [0.1, 0.15) is 16.0 Å². The monoisotopic (exact) mass is 517 g/mol. The first kappa shape index (κ1) is 23.7. The van der Waals surface area contributed by atoms with Gasteiger partial charge in [-0.3, -0.25) is 4.79 Å². The fourth-order valence-corrected chi connectivity index (χ4v) is 6.37. The standard InChI is InChI=1S/C26H27N7O3S/c1-15-13-19(36-17-8-4-3-5-9-17)30-31-23(15)33-18-10-11-27-25-20(18)21(29-26(33)35)22(37-25)24(34)28-16-7-6-12-32(2)14-16/h3-5,8-11,13,16,21-22H,6-7,12,14H2,1-2H3,(H,28,34)(H,29,35)/t16?,21?,22-/m1/s1. The van der Waals surface area contributed by atoms with E-state index in [1.807, 2.05) is 37.3 Å². The molecule has 37 heavy (non-hydrogen) atoms. The van der Waals surface area contributed by atoms with Gasteiger partial charge in [-0.15, -0.1) is 10.2 Å². The number of nitrogens with zero attached hydrogens (tertiary/aromatic N) is 5. The average Bonchev–Trinajstić information content (AvgIpc) is 3.25. The van der Waals surface area contributed by atoms with E-state index in [0.717, 1.165) is 42.1 Å². The summed E-state index contributed by atoms with van der Waals surface area (Å²) in [6.07, 6.45) is 3.67. The van der Waals surface area contributed by atoms with Crippen molar-refractivity contribution in [3.63, 3.8) is 0 Å². The summed E-state index contributed by atoms with van der Waals surface area (Å²) < 4.78 is 5.80. The van der Waals surface area contributed by atoms with Crippen LogP contribution in [0.5, 0.6) is 11.6 Å². The van der Waals surface area contributed by atoms with E-state index in [9.17, 15) is 9.59 Å². The van der Waals surface area contributed by atoms with E-state index in [-0.39, 0.29) is 18.0 Å². The van der Waals surface area contributed by atoms with Crippen LogP contribution in [-0.2, 0) is 4.79 Å². The van der Waals surface area contributed by atoms with E-state index >= 15 is 0 Å². The fourth-order valence-electron chi connectivity index (χ4n) is 5.14. The van der Waals surface area contributed by atoms with Gasteiger partial charge in [-0.25, -0.2) is 14.7 Å². The molecule has 0 bridgehead atoms. The molecule has 0 spiro atoms. The maximum atomic E-state index is 13.4. The number of hydrogen-bond acceptors (Lipinski definition) is 8. The van der Waals surface area contributed by atoms with Crippen LogP contribution < -0.4 is 20.3 Å². The number of rotatable bonds is 5. The molecule has 3 atom stereocenters. The van der Waals surface area contributed by atoms with Gasteiger partial charge in [0.25, 0.3) is 0 Å². The number of thioether (sulfide) groups is 1. The van der Waals surface area contributed by atoms with Crippen molar-refractivity contribution in [2.75, 3.05) is 25.0 Å². The minimum atomic E-state index is -0.490. The Kier molecular flexibility index (Phi) is 6.17. The molecule has 6 rings (SSSR count). The van der Waals surface area contributed by atoms with Crippen molar-refractivity contribution in [3.8, 4) is 11.6 Å². The van der Waals surface area contributed by atoms with E-state index in [4.69, 9.17) is 4.74 Å². The number of ether oxygens (including phenoxy) is 1. The number of carbonyl (C=O) groups is 2. The van der Waals surface area contributed by atoms with Crippen molar-refractivity contribution >= 4 is 35.2 Å². The number of anilines is 2. The number of urea groups is 1. The van der Waals surface area contributed by atoms with E-state index < -0.39 is 11.3 Å². The minimum absolute atomic E-state index is 0.0774. The first-order valence-corrected chi connectivity index (χ1v) is 13.2. The fraction of sp³-hybridized carbons (Fsp3) is 0.346. The number of piperidine rings is 1. The number of carbonyl (C=O) groups excluding carboxylic acids is 2. The molecule has 0 radical (unpaired) electrons. The highest BCUT2D eigenvalue weighted by Crippen LogP contribution is 2.50. The number of pyridine rings is 1. The van der Waals surface area contributed by atoms with Gasteiger partial charge < -0.3 is 20.3 Å². The van der Waals surface area contributed by atoms with Crippen LogP contribution in [0.15, 0.2) is 53.7 Å². The van der Waals surface area contributed by atoms with Gasteiger partial charge in [0, 0.05) is 30.4 Å². The number of likely N-dealkylation sites (tertiary alicyclic amines) is 1. The van der Waals surface area contributed by atoms with Crippen LogP contribution in [0.2, 0.25) is 0 Å². The van der Waals surface area contributed by atoms with Gasteiger partial charge in [-0.1, -0.05) is 30.0 Å². The summed E-state index contributed by atoms with van der Waals surface area (Å²) in [5.41, 5.74) is 2.22. The molecule has 1 saturated heterocycles. The van der Waals surface area contributed by atoms with Crippen LogP contribution in [0, 0.1) is 6.92 Å². The van der Waals surface area contributed by atoms with Gasteiger partial charge >= 0.3 is 6.03 Å². The Morgan fingerprint density at radius 3 is 2.84 bits per heavy atom. The Bertz CT molecular complexity index is 1360. The molecule has 10 nitrogen and oxygen atoms in total. The highest BCUT2D eigenvalue weighted by Gasteiger charge is 2.47. The summed E-state index contributed by atoms with van der Waals surface area (Å²) in [4.78, 5) is 35.0. The predicted octanol–water partition coefficient (Wildman–Crippen LogP) is 3.56. The highest BCUT2D eigenvalue weighted by atomic mass is 32.2. The lowest BCUT2D eigenvalue weighted by atomic mass is 9.99. The molecule has 5 heterocycles. The molecule has 0 saturated carbocycles. The van der Waals surface area contributed by atoms with Gasteiger partial charge in [0.2, 0.25) is 11.8 Å². The number of likely N-dealkylation sites (N-methyl/N-ethyl adjacent to an activating group) is 1. The molecule has 0 aliphatic carbocycles. The lowest BCUT2D eigenvalue weighted by Gasteiger charge is -2.35. The van der Waals surface area contributed by atoms with Crippen molar-refractivity contribution in [2.24, 2.45) is 0 Å². The second-order valence-electron chi connectivity index (χ2n) is 9.56. The summed E-state index contributed by atoms with van der Waals surface area (Å²) >= 11 is 1.39. The first-order chi connectivity index (χ1) is 18.0. The van der Waals surface area contributed by atoms with Crippen LogP contribution >= 0.6 is 11.8 Å². The number of nitrogens with one attached hydrogen (secondary N) is 2. The van der Waals surface area contributed by atoms with Crippen LogP contribution in [0.1, 0.15) is 30.0 Å². The molecule has 190 valence electrons. The smallest absolute Gasteiger partial charge is 0.328 e. The van der Waals surface area contributed by atoms with Crippen molar-refractivity contribution in [1.29, 1.82) is 0 Å². The van der Waals surface area contributed by atoms with E-state index in [0.29, 0.717) is 23.1 Å². The van der Waals surface area contributed by atoms with E-state index in [1.165, 1.54) is 16.7 Å². The van der Waals surface area contributed by atoms with E-state index in [2.05, 4.69) is 37.8 Å². The second-order valence-corrected chi connectivity index (χ2v) is 10.7. The molecule has 1 aromatic carbocycles. The van der Waals surface area contributed by atoms with Crippen molar-refractivity contribution in [2.45, 2.75) is 42.1 Å². The Morgan fingerprint density at radius 1 is 1.22 bits per heavy atom. The normalized spacial score (nSPS) is 22.8. The zero-order valence-electron chi connectivity index (χ0n) is 20.5. The molecule has 3 amide bonds. The average molecular weight is 518 g/mol. The van der Waals surface area contributed by atoms with Crippen LogP contribution in [0.4, 0.5) is 16.3 Å². The van der Waals surface area contributed by atoms with Crippen LogP contribution in [0.25, 0.3) is 0 Å². The third kappa shape index (κ3) is 4.49. The summed E-state index contributed by atoms with van der Waals surface area (Å²) in [6, 6.07) is 12.1. The maximum absolute atomic E-state index is 13.4. The SMILES string of the molecule is Cc1cc(Oc2ccccc2)nnc1N1C(=O)NC2c3c1ccnc3S[C@H]2C(=O)NC1CCCN(C)C1. The number of benzene rings is 1. The third-order valence-corrected chi connectivity index (χ3v) is 8.14. The third-order valence-electron chi connectivity index (χ3n) is 6.85. The Labute approximate surface area is 218 Å². The number of para-hydroxylation sites is 1. The molecule has 2 unspecified atom stereocenters. The lowest BCUT2D eigenvalue weighted by molar-refractivity contribution is -0.122. The molecule has 3 aliphatic rings. The molecule has 2 N–H and O–H groups in total. The Balaban J connectivity index is 1.26. The number of hydrogen-bond donors (Lipinski definition) is 2. The topological polar surface area (TPSA) is 113 Å². The Morgan fingerprint density at radius 2 is 2.05 bits per heavy atom. The summed E-state index contributed by atoms with van der Waals surface area (Å²) in [5.74, 6) is 1.30. The van der Waals surface area contributed by atoms with Gasteiger partial charge in [0.05, 0.1) is 11.7 Å². The van der Waals surface area contributed by atoms with Crippen LogP contribution in [0.3, 0.4) is 0 Å². The highest BCUT2D eigenvalue weighted by molar-refractivity contribution is 8.01. The minimum Gasteiger partial charge on any atom is -0.438 e. The van der Waals surface area contributed by atoms with Gasteiger partial charge in [-0.05, 0) is 57.1 Å². The van der Waals surface area contributed by atoms with E-state index in [1.54, 1.807) is 18.3 Å².